The van der Waals surface area contributed by atoms with E-state index in [1.807, 2.05) is 6.92 Å². The number of halogens is 1. The molecule has 2 aromatic rings. The van der Waals surface area contributed by atoms with Crippen LogP contribution in [0.4, 0.5) is 0 Å². The van der Waals surface area contributed by atoms with Gasteiger partial charge in [-0.2, -0.15) is 0 Å². The lowest BCUT2D eigenvalue weighted by Gasteiger charge is -2.07. The molecule has 0 aromatic carbocycles. The molecule has 0 radical (unpaired) electrons. The molecule has 0 bridgehead atoms. The van der Waals surface area contributed by atoms with Crippen LogP contribution < -0.4 is 10.3 Å². The summed E-state index contributed by atoms with van der Waals surface area (Å²) in [6, 6.07) is 5.29. The van der Waals surface area contributed by atoms with Crippen molar-refractivity contribution in [3.8, 4) is 11.6 Å². The van der Waals surface area contributed by atoms with Gasteiger partial charge in [0.2, 0.25) is 0 Å². The Morgan fingerprint density at radius 2 is 2.18 bits per heavy atom. The second kappa shape index (κ2) is 4.71. The number of pyridine rings is 2. The lowest BCUT2D eigenvalue weighted by molar-refractivity contribution is 0.412. The van der Waals surface area contributed by atoms with Gasteiger partial charge in [-0.25, -0.2) is 4.98 Å². The first-order valence-corrected chi connectivity index (χ1v) is 5.80. The molecule has 2 heterocycles. The fourth-order valence-corrected chi connectivity index (χ4v) is 2.03. The molecule has 0 aliphatic heterocycles. The van der Waals surface area contributed by atoms with E-state index in [2.05, 4.69) is 20.9 Å². The molecule has 5 heteroatoms. The van der Waals surface area contributed by atoms with Gasteiger partial charge in [-0.1, -0.05) is 0 Å². The summed E-state index contributed by atoms with van der Waals surface area (Å²) in [5, 5.41) is 0. The predicted octanol–water partition coefficient (Wildman–Crippen LogP) is 2.31. The zero-order valence-electron chi connectivity index (χ0n) is 9.48. The highest BCUT2D eigenvalue weighted by Crippen LogP contribution is 2.12. The average molecular weight is 295 g/mol. The second-order valence-electron chi connectivity index (χ2n) is 3.60. The minimum absolute atomic E-state index is 0.131. The Labute approximate surface area is 107 Å². The summed E-state index contributed by atoms with van der Waals surface area (Å²) >= 11 is 3.24. The first-order valence-electron chi connectivity index (χ1n) is 5.01. The Bertz CT molecular complexity index is 590. The molecule has 17 heavy (non-hydrogen) atoms. The van der Waals surface area contributed by atoms with Crippen LogP contribution in [0.5, 0.6) is 5.75 Å². The van der Waals surface area contributed by atoms with Gasteiger partial charge < -0.3 is 4.74 Å². The van der Waals surface area contributed by atoms with Gasteiger partial charge in [-0.15, -0.1) is 0 Å². The van der Waals surface area contributed by atoms with E-state index in [9.17, 15) is 4.79 Å². The number of ether oxygens (including phenoxy) is 1. The molecule has 0 fully saturated rings. The largest absolute Gasteiger partial charge is 0.495 e. The van der Waals surface area contributed by atoms with E-state index in [4.69, 9.17) is 4.74 Å². The third kappa shape index (κ3) is 2.39. The average Bonchev–Trinajstić information content (AvgIpc) is 2.34. The Hall–Kier alpha value is -1.62. The maximum Gasteiger partial charge on any atom is 0.270 e. The lowest BCUT2D eigenvalue weighted by Crippen LogP contribution is -2.19. The number of rotatable bonds is 2. The van der Waals surface area contributed by atoms with E-state index < -0.39 is 0 Å². The van der Waals surface area contributed by atoms with Gasteiger partial charge in [0.05, 0.1) is 17.8 Å². The molecule has 0 saturated carbocycles. The topological polar surface area (TPSA) is 44.1 Å². The molecule has 4 nitrogen and oxygen atoms in total. The van der Waals surface area contributed by atoms with Crippen molar-refractivity contribution in [3.05, 3.63) is 51.0 Å². The number of hydrogen-bond donors (Lipinski definition) is 0. The maximum atomic E-state index is 11.9. The van der Waals surface area contributed by atoms with Gasteiger partial charge in [0.1, 0.15) is 11.6 Å². The van der Waals surface area contributed by atoms with Crippen LogP contribution in [0.25, 0.3) is 5.82 Å². The predicted molar refractivity (Wildman–Crippen MR) is 68.8 cm³/mol. The Morgan fingerprint density at radius 3 is 2.76 bits per heavy atom. The van der Waals surface area contributed by atoms with Crippen molar-refractivity contribution >= 4 is 15.9 Å². The van der Waals surface area contributed by atoms with Gasteiger partial charge in [0, 0.05) is 6.20 Å². The van der Waals surface area contributed by atoms with E-state index in [1.54, 1.807) is 37.7 Å². The third-order valence-corrected chi connectivity index (χ3v) is 2.88. The van der Waals surface area contributed by atoms with E-state index in [1.165, 1.54) is 4.57 Å². The first-order chi connectivity index (χ1) is 8.11. The molecule has 0 unspecified atom stereocenters. The van der Waals surface area contributed by atoms with Crippen LogP contribution in [0.2, 0.25) is 0 Å². The van der Waals surface area contributed by atoms with Crippen molar-refractivity contribution in [1.29, 1.82) is 0 Å². The molecule has 2 rings (SSSR count). The second-order valence-corrected chi connectivity index (χ2v) is 4.45. The molecule has 0 aliphatic carbocycles. The van der Waals surface area contributed by atoms with Gasteiger partial charge in [-0.05, 0) is 46.6 Å². The highest BCUT2D eigenvalue weighted by atomic mass is 79.9. The summed E-state index contributed by atoms with van der Waals surface area (Å²) in [6.45, 7) is 1.92. The fraction of sp³-hybridized carbons (Fsp3) is 0.167. The number of aromatic nitrogens is 2. The zero-order chi connectivity index (χ0) is 12.4. The Kier molecular flexibility index (Phi) is 3.28. The minimum Gasteiger partial charge on any atom is -0.495 e. The van der Waals surface area contributed by atoms with Crippen molar-refractivity contribution in [2.45, 2.75) is 6.92 Å². The quantitative estimate of drug-likeness (QED) is 0.854. The molecular weight excluding hydrogens is 284 g/mol. The van der Waals surface area contributed by atoms with E-state index in [0.717, 1.165) is 5.56 Å². The van der Waals surface area contributed by atoms with Gasteiger partial charge in [0.25, 0.3) is 5.56 Å². The monoisotopic (exact) mass is 294 g/mol. The number of aryl methyl sites for hydroxylation is 1. The SMILES string of the molecule is COc1ccc(-n2cc(C)cc(Br)c2=O)nc1. The first kappa shape index (κ1) is 11.9. The minimum atomic E-state index is -0.131. The van der Waals surface area contributed by atoms with E-state index in [0.29, 0.717) is 16.0 Å². The van der Waals surface area contributed by atoms with Crippen LogP contribution in [0.1, 0.15) is 5.56 Å². The highest BCUT2D eigenvalue weighted by Gasteiger charge is 2.05. The van der Waals surface area contributed by atoms with Crippen molar-refractivity contribution in [1.82, 2.24) is 9.55 Å². The van der Waals surface area contributed by atoms with Crippen LogP contribution in [-0.2, 0) is 0 Å². The smallest absolute Gasteiger partial charge is 0.270 e. The summed E-state index contributed by atoms with van der Waals surface area (Å²) in [6.07, 6.45) is 3.33. The van der Waals surface area contributed by atoms with Gasteiger partial charge in [-0.3, -0.25) is 9.36 Å². The molecular formula is C12H11BrN2O2. The van der Waals surface area contributed by atoms with Crippen molar-refractivity contribution in [2.75, 3.05) is 7.11 Å². The van der Waals surface area contributed by atoms with Gasteiger partial charge in [0.15, 0.2) is 0 Å². The highest BCUT2D eigenvalue weighted by molar-refractivity contribution is 9.10. The summed E-state index contributed by atoms with van der Waals surface area (Å²) in [4.78, 5) is 16.1. The molecule has 2 aromatic heterocycles. The number of nitrogens with zero attached hydrogens (tertiary/aromatic N) is 2. The van der Waals surface area contributed by atoms with Crippen molar-refractivity contribution in [3.63, 3.8) is 0 Å². The lowest BCUT2D eigenvalue weighted by atomic mass is 10.3. The van der Waals surface area contributed by atoms with Crippen LogP contribution in [0, 0.1) is 6.92 Å². The van der Waals surface area contributed by atoms with Crippen molar-refractivity contribution < 1.29 is 4.74 Å². The third-order valence-electron chi connectivity index (χ3n) is 2.31. The standard InChI is InChI=1S/C12H11BrN2O2/c1-8-5-10(13)12(16)15(7-8)11-4-3-9(17-2)6-14-11/h3-7H,1-2H3. The summed E-state index contributed by atoms with van der Waals surface area (Å²) in [5.74, 6) is 1.23. The maximum absolute atomic E-state index is 11.9. The van der Waals surface area contributed by atoms with Crippen LogP contribution >= 0.6 is 15.9 Å². The number of methoxy groups -OCH3 is 1. The van der Waals surface area contributed by atoms with E-state index >= 15 is 0 Å². The van der Waals surface area contributed by atoms with Gasteiger partial charge >= 0.3 is 0 Å². The summed E-state index contributed by atoms with van der Waals surface area (Å²) < 4.78 is 7.05. The molecule has 0 atom stereocenters. The Balaban J connectivity index is 2.56. The molecule has 0 spiro atoms. The zero-order valence-corrected chi connectivity index (χ0v) is 11.1. The molecule has 0 aliphatic rings. The van der Waals surface area contributed by atoms with Crippen molar-refractivity contribution in [2.24, 2.45) is 0 Å². The van der Waals surface area contributed by atoms with Crippen LogP contribution in [-0.4, -0.2) is 16.7 Å². The Morgan fingerprint density at radius 1 is 1.41 bits per heavy atom. The molecule has 0 amide bonds. The van der Waals surface area contributed by atoms with Crippen LogP contribution in [0.3, 0.4) is 0 Å². The summed E-state index contributed by atoms with van der Waals surface area (Å²) in [5.41, 5.74) is 0.849. The molecule has 0 N–H and O–H groups in total. The van der Waals surface area contributed by atoms with E-state index in [-0.39, 0.29) is 5.56 Å². The number of hydrogen-bond acceptors (Lipinski definition) is 3. The molecule has 0 saturated heterocycles. The summed E-state index contributed by atoms with van der Waals surface area (Å²) in [7, 11) is 1.58. The van der Waals surface area contributed by atoms with Crippen LogP contribution in [0.15, 0.2) is 39.9 Å². The normalized spacial score (nSPS) is 10.3. The molecule has 88 valence electrons. The fourth-order valence-electron chi connectivity index (χ4n) is 1.48.